The summed E-state index contributed by atoms with van der Waals surface area (Å²) in [6, 6.07) is 7.15. The van der Waals surface area contributed by atoms with Gasteiger partial charge in [0.1, 0.15) is 0 Å². The first-order chi connectivity index (χ1) is 9.11. The highest BCUT2D eigenvalue weighted by atomic mass is 16.2. The van der Waals surface area contributed by atoms with E-state index in [1.807, 2.05) is 25.4 Å². The van der Waals surface area contributed by atoms with Gasteiger partial charge in [-0.05, 0) is 12.1 Å². The van der Waals surface area contributed by atoms with Crippen LogP contribution in [0.2, 0.25) is 0 Å². The van der Waals surface area contributed by atoms with Crippen LogP contribution < -0.4 is 11.3 Å². The summed E-state index contributed by atoms with van der Waals surface area (Å²) in [6.07, 6.45) is 3.63. The lowest BCUT2D eigenvalue weighted by Gasteiger charge is -2.18. The molecule has 1 amide bonds. The fraction of sp³-hybridized carbons (Fsp3) is 0.231. The van der Waals surface area contributed by atoms with Crippen molar-refractivity contribution >= 4 is 11.6 Å². The fourth-order valence-corrected chi connectivity index (χ4v) is 1.90. The summed E-state index contributed by atoms with van der Waals surface area (Å²) in [5.74, 6) is 5.32. The average Bonchev–Trinajstić information content (AvgIpc) is 2.83. The number of carbonyl (C=O) groups is 1. The lowest BCUT2D eigenvalue weighted by molar-refractivity contribution is 0.0786. The molecule has 0 aliphatic carbocycles. The molecule has 0 aliphatic heterocycles. The minimum atomic E-state index is -0.0857. The van der Waals surface area contributed by atoms with Crippen LogP contribution in [0.1, 0.15) is 15.9 Å². The maximum atomic E-state index is 12.3. The first-order valence-electron chi connectivity index (χ1n) is 5.90. The number of hydrazine groups is 1. The smallest absolute Gasteiger partial charge is 0.256 e. The number of hydrogen-bond donors (Lipinski definition) is 2. The van der Waals surface area contributed by atoms with Crippen molar-refractivity contribution in [2.45, 2.75) is 6.54 Å². The number of para-hydroxylation sites is 1. The van der Waals surface area contributed by atoms with Crippen LogP contribution in [0.15, 0.2) is 36.7 Å². The summed E-state index contributed by atoms with van der Waals surface area (Å²) in [7, 11) is 3.60. The van der Waals surface area contributed by atoms with E-state index < -0.39 is 0 Å². The Bertz CT molecular complexity index is 578. The molecule has 1 aromatic heterocycles. The number of anilines is 1. The summed E-state index contributed by atoms with van der Waals surface area (Å²) < 4.78 is 1.71. The van der Waals surface area contributed by atoms with Gasteiger partial charge in [-0.15, -0.1) is 0 Å². The lowest BCUT2D eigenvalue weighted by Crippen LogP contribution is -2.27. The molecule has 0 unspecified atom stereocenters. The number of carbonyl (C=O) groups excluding carboxylic acids is 1. The second-order valence-electron chi connectivity index (χ2n) is 4.37. The third kappa shape index (κ3) is 2.92. The highest BCUT2D eigenvalue weighted by Gasteiger charge is 2.15. The van der Waals surface area contributed by atoms with Crippen LogP contribution >= 0.6 is 0 Å². The highest BCUT2D eigenvalue weighted by Crippen LogP contribution is 2.16. The monoisotopic (exact) mass is 259 g/mol. The molecule has 0 bridgehead atoms. The summed E-state index contributed by atoms with van der Waals surface area (Å²) in [5, 5.41) is 4.08. The number of nitrogens with zero attached hydrogens (tertiary/aromatic N) is 3. The maximum Gasteiger partial charge on any atom is 0.256 e. The number of nitrogens with two attached hydrogens (primary N) is 1. The van der Waals surface area contributed by atoms with Gasteiger partial charge >= 0.3 is 0 Å². The minimum Gasteiger partial charge on any atom is -0.337 e. The largest absolute Gasteiger partial charge is 0.337 e. The maximum absolute atomic E-state index is 12.3. The Hall–Kier alpha value is -2.34. The van der Waals surface area contributed by atoms with Gasteiger partial charge < -0.3 is 10.3 Å². The summed E-state index contributed by atoms with van der Waals surface area (Å²) >= 11 is 0. The van der Waals surface area contributed by atoms with Crippen molar-refractivity contribution in [3.05, 3.63) is 47.8 Å². The van der Waals surface area contributed by atoms with Gasteiger partial charge in [0.05, 0.1) is 17.4 Å². The predicted molar refractivity (Wildman–Crippen MR) is 73.3 cm³/mol. The first-order valence-corrected chi connectivity index (χ1v) is 5.90. The van der Waals surface area contributed by atoms with E-state index in [4.69, 9.17) is 5.84 Å². The van der Waals surface area contributed by atoms with Gasteiger partial charge in [-0.25, -0.2) is 0 Å². The third-order valence-corrected chi connectivity index (χ3v) is 2.84. The number of amides is 1. The van der Waals surface area contributed by atoms with E-state index in [0.29, 0.717) is 17.8 Å². The molecule has 0 radical (unpaired) electrons. The molecule has 1 heterocycles. The molecule has 6 heteroatoms. The highest BCUT2D eigenvalue weighted by molar-refractivity contribution is 5.99. The Morgan fingerprint density at radius 2 is 2.21 bits per heavy atom. The average molecular weight is 259 g/mol. The molecule has 0 fully saturated rings. The Balaban J connectivity index is 2.14. The van der Waals surface area contributed by atoms with E-state index in [1.54, 1.807) is 35.0 Å². The Kier molecular flexibility index (Phi) is 3.82. The molecule has 0 spiro atoms. The molecule has 19 heavy (non-hydrogen) atoms. The summed E-state index contributed by atoms with van der Waals surface area (Å²) in [5.41, 5.74) is 4.69. The van der Waals surface area contributed by atoms with Crippen LogP contribution in [-0.4, -0.2) is 27.6 Å². The van der Waals surface area contributed by atoms with Gasteiger partial charge in [-0.2, -0.15) is 5.10 Å². The van der Waals surface area contributed by atoms with Gasteiger partial charge in [0.2, 0.25) is 0 Å². The molecule has 0 aliphatic rings. The zero-order chi connectivity index (χ0) is 13.8. The van der Waals surface area contributed by atoms with Crippen molar-refractivity contribution in [3.8, 4) is 0 Å². The van der Waals surface area contributed by atoms with E-state index in [2.05, 4.69) is 10.5 Å². The molecule has 0 atom stereocenters. The fourth-order valence-electron chi connectivity index (χ4n) is 1.90. The van der Waals surface area contributed by atoms with Crippen LogP contribution in [0.25, 0.3) is 0 Å². The Labute approximate surface area is 111 Å². The van der Waals surface area contributed by atoms with Crippen molar-refractivity contribution in [1.82, 2.24) is 14.7 Å². The number of aryl methyl sites for hydroxylation is 1. The van der Waals surface area contributed by atoms with E-state index in [9.17, 15) is 4.79 Å². The van der Waals surface area contributed by atoms with Gasteiger partial charge in [0.25, 0.3) is 5.91 Å². The molecule has 0 saturated carbocycles. The Morgan fingerprint density at radius 3 is 2.84 bits per heavy atom. The second-order valence-corrected chi connectivity index (χ2v) is 4.37. The lowest BCUT2D eigenvalue weighted by atomic mass is 10.1. The number of hydrogen-bond acceptors (Lipinski definition) is 4. The number of rotatable bonds is 4. The normalized spacial score (nSPS) is 10.3. The number of nitrogen functional groups attached to an aromatic ring is 1. The quantitative estimate of drug-likeness (QED) is 0.634. The molecular formula is C13H17N5O. The van der Waals surface area contributed by atoms with Gasteiger partial charge in [0, 0.05) is 32.4 Å². The SMILES string of the molecule is CN(Cc1cnn(C)c1)C(=O)c1ccccc1NN. The molecule has 100 valence electrons. The molecule has 2 aromatic rings. The van der Waals surface area contributed by atoms with Gasteiger partial charge in [0.15, 0.2) is 0 Å². The van der Waals surface area contributed by atoms with Gasteiger partial charge in [-0.1, -0.05) is 12.1 Å². The summed E-state index contributed by atoms with van der Waals surface area (Å²) in [4.78, 5) is 14.0. The summed E-state index contributed by atoms with van der Waals surface area (Å²) in [6.45, 7) is 0.506. The molecule has 1 aromatic carbocycles. The van der Waals surface area contributed by atoms with Gasteiger partial charge in [-0.3, -0.25) is 15.3 Å². The van der Waals surface area contributed by atoms with E-state index in [1.165, 1.54) is 0 Å². The van der Waals surface area contributed by atoms with Crippen molar-refractivity contribution in [1.29, 1.82) is 0 Å². The zero-order valence-electron chi connectivity index (χ0n) is 11.0. The van der Waals surface area contributed by atoms with Crippen molar-refractivity contribution in [2.24, 2.45) is 12.9 Å². The molecule has 6 nitrogen and oxygen atoms in total. The molecular weight excluding hydrogens is 242 g/mol. The van der Waals surface area contributed by atoms with Crippen LogP contribution in [0, 0.1) is 0 Å². The van der Waals surface area contributed by atoms with Crippen LogP contribution in [0.5, 0.6) is 0 Å². The second kappa shape index (κ2) is 5.53. The van der Waals surface area contributed by atoms with Crippen molar-refractivity contribution in [3.63, 3.8) is 0 Å². The molecule has 3 N–H and O–H groups in total. The van der Waals surface area contributed by atoms with E-state index in [0.717, 1.165) is 5.56 Å². The third-order valence-electron chi connectivity index (χ3n) is 2.84. The number of nitrogens with one attached hydrogen (secondary N) is 1. The number of aromatic nitrogens is 2. The van der Waals surface area contributed by atoms with Crippen molar-refractivity contribution < 1.29 is 4.79 Å². The van der Waals surface area contributed by atoms with E-state index in [-0.39, 0.29) is 5.91 Å². The number of benzene rings is 1. The predicted octanol–water partition coefficient (Wildman–Crippen LogP) is 0.978. The van der Waals surface area contributed by atoms with E-state index >= 15 is 0 Å². The first kappa shape index (κ1) is 13.1. The molecule has 0 saturated heterocycles. The topological polar surface area (TPSA) is 76.2 Å². The van der Waals surface area contributed by atoms with Crippen LogP contribution in [-0.2, 0) is 13.6 Å². The van der Waals surface area contributed by atoms with Crippen LogP contribution in [0.3, 0.4) is 0 Å². The minimum absolute atomic E-state index is 0.0857. The van der Waals surface area contributed by atoms with Crippen molar-refractivity contribution in [2.75, 3.05) is 12.5 Å². The molecule has 2 rings (SSSR count). The zero-order valence-corrected chi connectivity index (χ0v) is 11.0. The Morgan fingerprint density at radius 1 is 1.47 bits per heavy atom. The standard InChI is InChI=1S/C13H17N5O/c1-17(8-10-7-15-18(2)9-10)13(19)11-5-3-4-6-12(11)16-14/h3-7,9,16H,8,14H2,1-2H3. The van der Waals surface area contributed by atoms with Crippen LogP contribution in [0.4, 0.5) is 5.69 Å².